The van der Waals surface area contributed by atoms with Crippen LogP contribution in [-0.4, -0.2) is 11.8 Å². The molecule has 0 atom stereocenters. The molecule has 0 fully saturated rings. The van der Waals surface area contributed by atoms with Crippen molar-refractivity contribution in [3.8, 4) is 0 Å². The number of anilines is 2. The summed E-state index contributed by atoms with van der Waals surface area (Å²) in [4.78, 5) is 25.7. The van der Waals surface area contributed by atoms with Crippen LogP contribution in [0.4, 0.5) is 11.4 Å². The number of carbonyl (C=O) groups is 2. The maximum Gasteiger partial charge on any atom is 0.255 e. The number of hydrogen-bond acceptors (Lipinski definition) is 2. The summed E-state index contributed by atoms with van der Waals surface area (Å²) >= 11 is 0. The van der Waals surface area contributed by atoms with Gasteiger partial charge in [0, 0.05) is 48.2 Å². The van der Waals surface area contributed by atoms with Crippen LogP contribution in [0.5, 0.6) is 0 Å². The van der Waals surface area contributed by atoms with Gasteiger partial charge in [-0.05, 0) is 37.1 Å². The van der Waals surface area contributed by atoms with Crippen LogP contribution in [-0.2, 0) is 13.1 Å². The number of nitrogens with one attached hydrogen (secondary N) is 2. The van der Waals surface area contributed by atoms with E-state index < -0.39 is 0 Å². The number of carbonyl (C=O) groups excluding carboxylic acids is 2. The maximum atomic E-state index is 12.8. The van der Waals surface area contributed by atoms with E-state index in [-0.39, 0.29) is 11.8 Å². The number of aryl methyl sites for hydroxylation is 2. The number of unbranched alkanes of at least 4 members (excludes halogenated alkanes) is 18. The molecule has 48 heavy (non-hydrogen) atoms. The zero-order valence-electron chi connectivity index (χ0n) is 30.2. The molecule has 0 saturated carbocycles. The van der Waals surface area contributed by atoms with Gasteiger partial charge in [-0.3, -0.25) is 9.59 Å². The number of benzene rings is 1. The van der Waals surface area contributed by atoms with Gasteiger partial charge in [-0.2, -0.15) is 0 Å². The average molecular weight is 657 g/mol. The second kappa shape index (κ2) is 24.6. The number of nitrogens with zero attached hydrogens (tertiary/aromatic N) is 2. The molecule has 2 N–H and O–H groups in total. The molecular formula is C42H64N4O2+2. The molecule has 2 amide bonds. The summed E-state index contributed by atoms with van der Waals surface area (Å²) in [5.74, 6) is -0.381. The Hall–Kier alpha value is -3.54. The zero-order valence-corrected chi connectivity index (χ0v) is 30.2. The van der Waals surface area contributed by atoms with Crippen molar-refractivity contribution in [2.24, 2.45) is 0 Å². The highest BCUT2D eigenvalue weighted by Gasteiger charge is 2.12. The molecule has 3 aromatic rings. The Labute approximate surface area is 291 Å². The molecule has 0 spiro atoms. The molecule has 262 valence electrons. The van der Waals surface area contributed by atoms with E-state index in [0.717, 1.165) is 24.5 Å². The molecule has 3 rings (SSSR count). The molecule has 0 saturated heterocycles. The Balaban J connectivity index is 1.30. The van der Waals surface area contributed by atoms with Gasteiger partial charge in [0.2, 0.25) is 0 Å². The van der Waals surface area contributed by atoms with E-state index >= 15 is 0 Å². The number of aromatic nitrogens is 2. The van der Waals surface area contributed by atoms with Gasteiger partial charge >= 0.3 is 0 Å². The molecule has 2 aromatic heterocycles. The average Bonchev–Trinajstić information content (AvgIpc) is 3.11. The highest BCUT2D eigenvalue weighted by atomic mass is 16.2. The highest BCUT2D eigenvalue weighted by Crippen LogP contribution is 2.14. The van der Waals surface area contributed by atoms with Crippen molar-refractivity contribution in [3.05, 3.63) is 84.4 Å². The second-order valence-electron chi connectivity index (χ2n) is 13.5. The van der Waals surface area contributed by atoms with Crippen molar-refractivity contribution < 1.29 is 18.7 Å². The third-order valence-corrected chi connectivity index (χ3v) is 9.25. The smallest absolute Gasteiger partial charge is 0.255 e. The van der Waals surface area contributed by atoms with Crippen LogP contribution in [0.3, 0.4) is 0 Å². The summed E-state index contributed by atoms with van der Waals surface area (Å²) in [6, 6.07) is 14.6. The topological polar surface area (TPSA) is 66.0 Å². The number of pyridine rings is 2. The Kier molecular flexibility index (Phi) is 19.9. The first kappa shape index (κ1) is 38.9. The first-order valence-electron chi connectivity index (χ1n) is 19.3. The van der Waals surface area contributed by atoms with Gasteiger partial charge in [-0.1, -0.05) is 117 Å². The number of rotatable bonds is 26. The van der Waals surface area contributed by atoms with E-state index in [1.54, 1.807) is 24.3 Å². The molecule has 0 aliphatic carbocycles. The Bertz CT molecular complexity index is 1170. The third kappa shape index (κ3) is 16.5. The van der Waals surface area contributed by atoms with Gasteiger partial charge < -0.3 is 10.6 Å². The third-order valence-electron chi connectivity index (χ3n) is 9.25. The number of hydrogen-bond donors (Lipinski definition) is 2. The van der Waals surface area contributed by atoms with Crippen LogP contribution >= 0.6 is 0 Å². The standard InChI is InChI=1S/C42H62N4O2/c1-3-5-7-9-11-13-15-17-19-21-31-45-33-27-39(28-34-45)43-41(47)37-23-25-38(26-24-37)42(48)44-40-29-35-46(36-30-40)32-22-20-18-16-14-12-10-8-6-4-2/h23-30,33-36H,3-22,31-32H2,1-2H3/p+2. The summed E-state index contributed by atoms with van der Waals surface area (Å²) in [5.41, 5.74) is 2.55. The van der Waals surface area contributed by atoms with Gasteiger partial charge in [-0.15, -0.1) is 0 Å². The lowest BCUT2D eigenvalue weighted by Gasteiger charge is -2.07. The van der Waals surface area contributed by atoms with Crippen molar-refractivity contribution in [1.82, 2.24) is 0 Å². The van der Waals surface area contributed by atoms with Crippen molar-refractivity contribution in [2.75, 3.05) is 10.6 Å². The summed E-state index contributed by atoms with van der Waals surface area (Å²) in [7, 11) is 0. The summed E-state index contributed by atoms with van der Waals surface area (Å²) in [6.45, 7) is 6.53. The van der Waals surface area contributed by atoms with Crippen molar-refractivity contribution >= 4 is 23.2 Å². The van der Waals surface area contributed by atoms with E-state index in [0.29, 0.717) is 11.1 Å². The zero-order chi connectivity index (χ0) is 34.1. The maximum absolute atomic E-state index is 12.8. The van der Waals surface area contributed by atoms with Crippen molar-refractivity contribution in [3.63, 3.8) is 0 Å². The van der Waals surface area contributed by atoms with E-state index in [4.69, 9.17) is 0 Å². The minimum Gasteiger partial charge on any atom is -0.322 e. The largest absolute Gasteiger partial charge is 0.322 e. The molecule has 0 radical (unpaired) electrons. The Morgan fingerprint density at radius 1 is 0.417 bits per heavy atom. The lowest BCUT2D eigenvalue weighted by Crippen LogP contribution is -2.32. The van der Waals surface area contributed by atoms with Gasteiger partial charge in [0.05, 0.1) is 11.4 Å². The quantitative estimate of drug-likeness (QED) is 0.0667. The molecule has 0 aliphatic heterocycles. The number of amides is 2. The van der Waals surface area contributed by atoms with Gasteiger partial charge in [0.25, 0.3) is 11.8 Å². The minimum absolute atomic E-state index is 0.190. The van der Waals surface area contributed by atoms with Crippen LogP contribution in [0.1, 0.15) is 163 Å². The monoisotopic (exact) mass is 657 g/mol. The predicted molar refractivity (Wildman–Crippen MR) is 199 cm³/mol. The Morgan fingerprint density at radius 2 is 0.688 bits per heavy atom. The summed E-state index contributed by atoms with van der Waals surface area (Å²) in [5, 5.41) is 5.94. The molecule has 1 aromatic carbocycles. The predicted octanol–water partition coefficient (Wildman–Crippen LogP) is 10.6. The fourth-order valence-corrected chi connectivity index (χ4v) is 6.12. The van der Waals surface area contributed by atoms with Gasteiger partial charge in [-0.25, -0.2) is 9.13 Å². The van der Waals surface area contributed by atoms with Crippen LogP contribution in [0.2, 0.25) is 0 Å². The summed E-state index contributed by atoms with van der Waals surface area (Å²) in [6.07, 6.45) is 34.8. The SMILES string of the molecule is CCCCCCCCCCCC[n+]1ccc(NC(=O)c2ccc(C(=O)Nc3cc[n+](CCCCCCCCCCCC)cc3)cc2)cc1. The lowest BCUT2D eigenvalue weighted by molar-refractivity contribution is -0.697. The first-order valence-corrected chi connectivity index (χ1v) is 19.3. The first-order chi connectivity index (χ1) is 23.6. The van der Waals surface area contributed by atoms with Crippen LogP contribution < -0.4 is 19.8 Å². The summed E-state index contributed by atoms with van der Waals surface area (Å²) < 4.78 is 4.36. The normalized spacial score (nSPS) is 11.0. The van der Waals surface area contributed by atoms with Crippen LogP contribution in [0.25, 0.3) is 0 Å². The van der Waals surface area contributed by atoms with Gasteiger partial charge in [0.15, 0.2) is 24.8 Å². The molecule has 0 aliphatic rings. The fraction of sp³-hybridized carbons (Fsp3) is 0.571. The van der Waals surface area contributed by atoms with E-state index in [2.05, 4.69) is 33.6 Å². The van der Waals surface area contributed by atoms with E-state index in [1.165, 1.54) is 128 Å². The van der Waals surface area contributed by atoms with Crippen LogP contribution in [0.15, 0.2) is 73.3 Å². The fourth-order valence-electron chi connectivity index (χ4n) is 6.12. The van der Waals surface area contributed by atoms with Crippen molar-refractivity contribution in [1.29, 1.82) is 0 Å². The van der Waals surface area contributed by atoms with E-state index in [9.17, 15) is 9.59 Å². The molecule has 0 bridgehead atoms. The molecule has 6 heteroatoms. The molecule has 6 nitrogen and oxygen atoms in total. The van der Waals surface area contributed by atoms with Crippen molar-refractivity contribution in [2.45, 2.75) is 155 Å². The molecule has 2 heterocycles. The highest BCUT2D eigenvalue weighted by molar-refractivity contribution is 6.07. The minimum atomic E-state index is -0.190. The van der Waals surface area contributed by atoms with E-state index in [1.807, 2.05) is 49.1 Å². The second-order valence-corrected chi connectivity index (χ2v) is 13.5. The lowest BCUT2D eigenvalue weighted by atomic mass is 10.1. The van der Waals surface area contributed by atoms with Crippen LogP contribution in [0, 0.1) is 0 Å². The Morgan fingerprint density at radius 3 is 0.979 bits per heavy atom. The molecular weight excluding hydrogens is 592 g/mol. The van der Waals surface area contributed by atoms with Gasteiger partial charge in [0.1, 0.15) is 13.1 Å². The molecule has 0 unspecified atom stereocenters.